The van der Waals surface area contributed by atoms with Gasteiger partial charge in [-0.3, -0.25) is 0 Å². The van der Waals surface area contributed by atoms with Gasteiger partial charge < -0.3 is 14.2 Å². The molecule has 0 unspecified atom stereocenters. The van der Waals surface area contributed by atoms with Crippen LogP contribution in [0.2, 0.25) is 0 Å². The summed E-state index contributed by atoms with van der Waals surface area (Å²) in [5.74, 6) is 1.74. The Balaban J connectivity index is 2.59. The zero-order chi connectivity index (χ0) is 12.5. The minimum Gasteiger partial charge on any atom is -0.497 e. The first-order valence-electron chi connectivity index (χ1n) is 6.09. The van der Waals surface area contributed by atoms with Gasteiger partial charge in [-0.15, -0.1) is 0 Å². The van der Waals surface area contributed by atoms with Gasteiger partial charge in [0.25, 0.3) is 0 Å². The lowest BCUT2D eigenvalue weighted by Crippen LogP contribution is -2.02. The van der Waals surface area contributed by atoms with Gasteiger partial charge in [0.05, 0.1) is 13.7 Å². The van der Waals surface area contributed by atoms with Gasteiger partial charge in [-0.2, -0.15) is 0 Å². The lowest BCUT2D eigenvalue weighted by atomic mass is 10.1. The molecule has 0 amide bonds. The molecule has 0 spiro atoms. The van der Waals surface area contributed by atoms with Crippen molar-refractivity contribution >= 4 is 0 Å². The second-order valence-corrected chi connectivity index (χ2v) is 3.96. The molecule has 0 fully saturated rings. The summed E-state index contributed by atoms with van der Waals surface area (Å²) in [6.45, 7) is 3.57. The van der Waals surface area contributed by atoms with Crippen LogP contribution in [0.25, 0.3) is 0 Å². The summed E-state index contributed by atoms with van der Waals surface area (Å²) in [4.78, 5) is 0. The normalized spacial score (nSPS) is 10.3. The van der Waals surface area contributed by atoms with Crippen LogP contribution in [0.5, 0.6) is 11.5 Å². The van der Waals surface area contributed by atoms with Gasteiger partial charge in [-0.05, 0) is 24.1 Å². The van der Waals surface area contributed by atoms with Gasteiger partial charge in [0.15, 0.2) is 0 Å². The maximum absolute atomic E-state index is 5.68. The molecule has 96 valence electrons. The number of hydrogen-bond acceptors (Lipinski definition) is 3. The number of aryl methyl sites for hydroxylation is 1. The van der Waals surface area contributed by atoms with Crippen molar-refractivity contribution < 1.29 is 14.2 Å². The van der Waals surface area contributed by atoms with Crippen LogP contribution in [0.4, 0.5) is 0 Å². The van der Waals surface area contributed by atoms with Gasteiger partial charge in [0.1, 0.15) is 11.5 Å². The number of ether oxygens (including phenoxy) is 3. The highest BCUT2D eigenvalue weighted by Crippen LogP contribution is 2.23. The number of rotatable bonds is 8. The van der Waals surface area contributed by atoms with Gasteiger partial charge in [0.2, 0.25) is 0 Å². The summed E-state index contributed by atoms with van der Waals surface area (Å²) in [6, 6.07) is 6.07. The first-order valence-corrected chi connectivity index (χ1v) is 6.09. The van der Waals surface area contributed by atoms with Crippen LogP contribution in [0.15, 0.2) is 18.2 Å². The molecule has 0 atom stereocenters. The van der Waals surface area contributed by atoms with Gasteiger partial charge in [-0.1, -0.05) is 13.3 Å². The molecule has 0 aliphatic heterocycles. The molecule has 17 heavy (non-hydrogen) atoms. The molecule has 1 aromatic rings. The minimum atomic E-state index is 0.673. The van der Waals surface area contributed by atoms with E-state index < -0.39 is 0 Å². The van der Waals surface area contributed by atoms with Crippen LogP contribution in [0, 0.1) is 0 Å². The standard InChI is InChI=1S/C14H22O3/c1-4-6-12-9-13(16-3)11-14(10-12)17-8-5-7-15-2/h9-11H,4-8H2,1-3H3. The summed E-state index contributed by atoms with van der Waals surface area (Å²) in [6.07, 6.45) is 3.07. The summed E-state index contributed by atoms with van der Waals surface area (Å²) >= 11 is 0. The second-order valence-electron chi connectivity index (χ2n) is 3.96. The maximum atomic E-state index is 5.68. The Kier molecular flexibility index (Phi) is 6.48. The van der Waals surface area contributed by atoms with Crippen molar-refractivity contribution in [3.05, 3.63) is 23.8 Å². The van der Waals surface area contributed by atoms with Crippen LogP contribution in [-0.2, 0) is 11.2 Å². The van der Waals surface area contributed by atoms with E-state index in [4.69, 9.17) is 14.2 Å². The minimum absolute atomic E-state index is 0.673. The van der Waals surface area contributed by atoms with Crippen LogP contribution in [0.3, 0.4) is 0 Å². The fraction of sp³-hybridized carbons (Fsp3) is 0.571. The van der Waals surface area contributed by atoms with E-state index in [1.165, 1.54) is 5.56 Å². The molecule has 0 N–H and O–H groups in total. The van der Waals surface area contributed by atoms with Crippen molar-refractivity contribution in [2.75, 3.05) is 27.4 Å². The smallest absolute Gasteiger partial charge is 0.123 e. The van der Waals surface area contributed by atoms with Gasteiger partial charge in [0, 0.05) is 26.2 Å². The average Bonchev–Trinajstić information content (AvgIpc) is 2.35. The number of methoxy groups -OCH3 is 2. The molecule has 1 rings (SSSR count). The van der Waals surface area contributed by atoms with E-state index in [1.54, 1.807) is 14.2 Å². The molecule has 3 heteroatoms. The highest BCUT2D eigenvalue weighted by Gasteiger charge is 2.02. The van der Waals surface area contributed by atoms with Crippen LogP contribution < -0.4 is 9.47 Å². The zero-order valence-corrected chi connectivity index (χ0v) is 11.0. The molecule has 0 saturated carbocycles. The quantitative estimate of drug-likeness (QED) is 0.651. The first kappa shape index (κ1) is 13.8. The van der Waals surface area contributed by atoms with Crippen molar-refractivity contribution in [2.45, 2.75) is 26.2 Å². The third-order valence-electron chi connectivity index (χ3n) is 2.48. The van der Waals surface area contributed by atoms with Crippen LogP contribution in [0.1, 0.15) is 25.3 Å². The number of hydrogen-bond donors (Lipinski definition) is 0. The molecule has 0 aromatic heterocycles. The molecule has 0 bridgehead atoms. The molecule has 0 aliphatic rings. The topological polar surface area (TPSA) is 27.7 Å². The predicted octanol–water partition coefficient (Wildman–Crippen LogP) is 3.06. The summed E-state index contributed by atoms with van der Waals surface area (Å²) in [7, 11) is 3.38. The fourth-order valence-corrected chi connectivity index (χ4v) is 1.66. The molecular weight excluding hydrogens is 216 g/mol. The third kappa shape index (κ3) is 5.09. The summed E-state index contributed by atoms with van der Waals surface area (Å²) in [5.41, 5.74) is 1.26. The first-order chi connectivity index (χ1) is 8.30. The SMILES string of the molecule is CCCc1cc(OC)cc(OCCCOC)c1. The predicted molar refractivity (Wildman–Crippen MR) is 69.0 cm³/mol. The second kappa shape index (κ2) is 7.96. The highest BCUT2D eigenvalue weighted by molar-refractivity contribution is 5.38. The Bertz CT molecular complexity index is 323. The molecule has 0 radical (unpaired) electrons. The Morgan fingerprint density at radius 1 is 1.00 bits per heavy atom. The average molecular weight is 238 g/mol. The lowest BCUT2D eigenvalue weighted by molar-refractivity contribution is 0.172. The van der Waals surface area contributed by atoms with E-state index in [0.717, 1.165) is 37.4 Å². The zero-order valence-electron chi connectivity index (χ0n) is 11.0. The van der Waals surface area contributed by atoms with Gasteiger partial charge in [-0.25, -0.2) is 0 Å². The Morgan fingerprint density at radius 3 is 2.41 bits per heavy atom. The van der Waals surface area contributed by atoms with E-state index >= 15 is 0 Å². The van der Waals surface area contributed by atoms with Crippen molar-refractivity contribution in [3.8, 4) is 11.5 Å². The van der Waals surface area contributed by atoms with E-state index in [1.807, 2.05) is 6.07 Å². The van der Waals surface area contributed by atoms with Crippen molar-refractivity contribution in [1.29, 1.82) is 0 Å². The largest absolute Gasteiger partial charge is 0.497 e. The van der Waals surface area contributed by atoms with E-state index in [0.29, 0.717) is 6.61 Å². The highest BCUT2D eigenvalue weighted by atomic mass is 16.5. The summed E-state index contributed by atoms with van der Waals surface area (Å²) in [5, 5.41) is 0. The Labute approximate surface area is 104 Å². The molecule has 3 nitrogen and oxygen atoms in total. The lowest BCUT2D eigenvalue weighted by Gasteiger charge is -2.10. The van der Waals surface area contributed by atoms with E-state index in [2.05, 4.69) is 19.1 Å². The number of benzene rings is 1. The third-order valence-corrected chi connectivity index (χ3v) is 2.48. The van der Waals surface area contributed by atoms with Crippen LogP contribution in [-0.4, -0.2) is 27.4 Å². The molecular formula is C14H22O3. The molecule has 1 aromatic carbocycles. The van der Waals surface area contributed by atoms with Crippen molar-refractivity contribution in [2.24, 2.45) is 0 Å². The van der Waals surface area contributed by atoms with E-state index in [9.17, 15) is 0 Å². The van der Waals surface area contributed by atoms with Crippen LogP contribution >= 0.6 is 0 Å². The van der Waals surface area contributed by atoms with E-state index in [-0.39, 0.29) is 0 Å². The maximum Gasteiger partial charge on any atom is 0.123 e. The monoisotopic (exact) mass is 238 g/mol. The molecule has 0 saturated heterocycles. The summed E-state index contributed by atoms with van der Waals surface area (Å²) < 4.78 is 15.9. The Hall–Kier alpha value is -1.22. The molecule has 0 aliphatic carbocycles. The van der Waals surface area contributed by atoms with Crippen molar-refractivity contribution in [1.82, 2.24) is 0 Å². The van der Waals surface area contributed by atoms with Gasteiger partial charge >= 0.3 is 0 Å². The molecule has 0 heterocycles. The Morgan fingerprint density at radius 2 is 1.76 bits per heavy atom. The fourth-order valence-electron chi connectivity index (χ4n) is 1.66. The van der Waals surface area contributed by atoms with Crippen molar-refractivity contribution in [3.63, 3.8) is 0 Å².